The Hall–Kier alpha value is -2.38. The second-order valence-corrected chi connectivity index (χ2v) is 6.36. The zero-order valence-electron chi connectivity index (χ0n) is 12.9. The average Bonchev–Trinajstić information content (AvgIpc) is 2.82. The molecule has 4 amide bonds. The van der Waals surface area contributed by atoms with Crippen molar-refractivity contribution in [1.82, 2.24) is 26.1 Å². The van der Waals surface area contributed by atoms with Gasteiger partial charge in [0.2, 0.25) is 11.8 Å². The Morgan fingerprint density at radius 2 is 2.14 bits per heavy atom. The van der Waals surface area contributed by atoms with Crippen molar-refractivity contribution in [3.63, 3.8) is 0 Å². The van der Waals surface area contributed by atoms with E-state index in [0.29, 0.717) is 0 Å². The van der Waals surface area contributed by atoms with Gasteiger partial charge in [-0.1, -0.05) is 20.8 Å². The van der Waals surface area contributed by atoms with Crippen molar-refractivity contribution in [3.05, 3.63) is 17.5 Å². The first-order valence-corrected chi connectivity index (χ1v) is 7.18. The van der Waals surface area contributed by atoms with Crippen LogP contribution in [0.4, 0.5) is 4.79 Å². The van der Waals surface area contributed by atoms with Crippen LogP contribution in [0.1, 0.15) is 45.0 Å². The Morgan fingerprint density at radius 3 is 2.77 bits per heavy atom. The van der Waals surface area contributed by atoms with Crippen molar-refractivity contribution in [3.8, 4) is 0 Å². The molecule has 4 N–H and O–H groups in total. The van der Waals surface area contributed by atoms with E-state index in [0.717, 1.165) is 11.4 Å². The molecule has 8 nitrogen and oxygen atoms in total. The molecule has 2 rings (SSSR count). The molecule has 0 bridgehead atoms. The molecule has 2 heterocycles. The summed E-state index contributed by atoms with van der Waals surface area (Å²) in [6, 6.07) is 0.549. The molecule has 0 aromatic carbocycles. The van der Waals surface area contributed by atoms with E-state index >= 15 is 0 Å². The molecule has 22 heavy (non-hydrogen) atoms. The van der Waals surface area contributed by atoms with Crippen molar-refractivity contribution in [2.45, 2.75) is 51.6 Å². The van der Waals surface area contributed by atoms with Crippen molar-refractivity contribution in [2.24, 2.45) is 0 Å². The number of hydrogen-bond donors (Lipinski definition) is 4. The van der Waals surface area contributed by atoms with Crippen LogP contribution >= 0.6 is 0 Å². The van der Waals surface area contributed by atoms with Gasteiger partial charge in [0, 0.05) is 11.8 Å². The van der Waals surface area contributed by atoms with E-state index in [1.807, 2.05) is 6.07 Å². The van der Waals surface area contributed by atoms with Crippen LogP contribution in [0.25, 0.3) is 0 Å². The van der Waals surface area contributed by atoms with Crippen LogP contribution < -0.4 is 16.0 Å². The van der Waals surface area contributed by atoms with Gasteiger partial charge in [0.1, 0.15) is 6.04 Å². The number of carbonyl (C=O) groups is 3. The number of H-pyrrole nitrogens is 1. The lowest BCUT2D eigenvalue weighted by Crippen LogP contribution is -2.48. The number of nitrogens with one attached hydrogen (secondary N) is 4. The van der Waals surface area contributed by atoms with Gasteiger partial charge in [0.05, 0.1) is 17.9 Å². The molecule has 0 saturated carbocycles. The predicted molar refractivity (Wildman–Crippen MR) is 78.8 cm³/mol. The molecule has 1 aromatic rings. The Kier molecular flexibility index (Phi) is 4.48. The zero-order valence-corrected chi connectivity index (χ0v) is 12.9. The molecule has 1 fully saturated rings. The topological polar surface area (TPSA) is 116 Å². The number of imide groups is 1. The summed E-state index contributed by atoms with van der Waals surface area (Å²) in [5.74, 6) is -0.701. The van der Waals surface area contributed by atoms with Crippen LogP contribution in [0, 0.1) is 0 Å². The summed E-state index contributed by atoms with van der Waals surface area (Å²) in [5.41, 5.74) is 1.63. The maximum absolute atomic E-state index is 12.1. The standard InChI is InChI=1S/C14H21N5O3/c1-14(2,3)10-6-8(18-19-10)7-15-12(21)9-4-5-11(20)17-13(22)16-9/h6,9H,4-5,7H2,1-3H3,(H,15,21)(H,18,19)(H2,16,17,20,22)/t9-/m1/s1. The van der Waals surface area contributed by atoms with Gasteiger partial charge in [0.25, 0.3) is 0 Å². The molecule has 1 aromatic heterocycles. The summed E-state index contributed by atoms with van der Waals surface area (Å²) in [6.45, 7) is 6.44. The molecule has 1 aliphatic heterocycles. The van der Waals surface area contributed by atoms with Crippen molar-refractivity contribution in [1.29, 1.82) is 0 Å². The molecular formula is C14H21N5O3. The van der Waals surface area contributed by atoms with Gasteiger partial charge in [-0.05, 0) is 12.5 Å². The fraction of sp³-hybridized carbons (Fsp3) is 0.571. The molecular weight excluding hydrogens is 286 g/mol. The first kappa shape index (κ1) is 16.0. The third-order valence-electron chi connectivity index (χ3n) is 3.39. The van der Waals surface area contributed by atoms with Crippen LogP contribution in [0.15, 0.2) is 6.07 Å². The largest absolute Gasteiger partial charge is 0.349 e. The minimum absolute atomic E-state index is 0.0694. The molecule has 120 valence electrons. The molecule has 8 heteroatoms. The number of aromatic nitrogens is 2. The minimum Gasteiger partial charge on any atom is -0.349 e. The fourth-order valence-corrected chi connectivity index (χ4v) is 2.07. The summed E-state index contributed by atoms with van der Waals surface area (Å²) in [4.78, 5) is 34.7. The molecule has 1 atom stereocenters. The molecule has 0 radical (unpaired) electrons. The highest BCUT2D eigenvalue weighted by molar-refractivity contribution is 5.98. The van der Waals surface area contributed by atoms with Crippen molar-refractivity contribution < 1.29 is 14.4 Å². The second-order valence-electron chi connectivity index (χ2n) is 6.36. The molecule has 0 unspecified atom stereocenters. The molecule has 0 aliphatic carbocycles. The number of amides is 4. The van der Waals surface area contributed by atoms with E-state index in [1.54, 1.807) is 0 Å². The van der Waals surface area contributed by atoms with Gasteiger partial charge in [-0.3, -0.25) is 20.0 Å². The first-order valence-electron chi connectivity index (χ1n) is 7.18. The monoisotopic (exact) mass is 307 g/mol. The molecule has 0 spiro atoms. The van der Waals surface area contributed by atoms with Crippen LogP contribution in [0.2, 0.25) is 0 Å². The number of aromatic amines is 1. The number of carbonyl (C=O) groups excluding carboxylic acids is 3. The van der Waals surface area contributed by atoms with Gasteiger partial charge in [0.15, 0.2) is 0 Å². The summed E-state index contributed by atoms with van der Waals surface area (Å²) < 4.78 is 0. The number of urea groups is 1. The van der Waals surface area contributed by atoms with E-state index in [-0.39, 0.29) is 36.6 Å². The highest BCUT2D eigenvalue weighted by Gasteiger charge is 2.26. The lowest BCUT2D eigenvalue weighted by Gasteiger charge is -2.14. The van der Waals surface area contributed by atoms with Crippen molar-refractivity contribution >= 4 is 17.8 Å². The van der Waals surface area contributed by atoms with Gasteiger partial charge in [-0.25, -0.2) is 4.79 Å². The van der Waals surface area contributed by atoms with E-state index in [9.17, 15) is 14.4 Å². The quantitative estimate of drug-likeness (QED) is 0.643. The number of rotatable bonds is 3. The van der Waals surface area contributed by atoms with Crippen LogP contribution in [0.3, 0.4) is 0 Å². The van der Waals surface area contributed by atoms with E-state index in [4.69, 9.17) is 0 Å². The van der Waals surface area contributed by atoms with E-state index in [1.165, 1.54) is 0 Å². The first-order chi connectivity index (χ1) is 10.3. The average molecular weight is 307 g/mol. The summed E-state index contributed by atoms with van der Waals surface area (Å²) >= 11 is 0. The van der Waals surface area contributed by atoms with Crippen molar-refractivity contribution in [2.75, 3.05) is 0 Å². The van der Waals surface area contributed by atoms with E-state index < -0.39 is 12.1 Å². The highest BCUT2D eigenvalue weighted by atomic mass is 16.2. The number of hydrogen-bond acceptors (Lipinski definition) is 4. The zero-order chi connectivity index (χ0) is 16.3. The summed E-state index contributed by atoms with van der Waals surface area (Å²) in [7, 11) is 0. The SMILES string of the molecule is CC(C)(C)c1cc(CNC(=O)[C@H]2CCC(=O)NC(=O)N2)[nH]n1. The Labute approximate surface area is 128 Å². The lowest BCUT2D eigenvalue weighted by molar-refractivity contribution is -0.123. The Morgan fingerprint density at radius 1 is 1.41 bits per heavy atom. The van der Waals surface area contributed by atoms with Gasteiger partial charge in [-0.15, -0.1) is 0 Å². The Balaban J connectivity index is 1.91. The van der Waals surface area contributed by atoms with Gasteiger partial charge in [-0.2, -0.15) is 5.10 Å². The Bertz CT molecular complexity index is 588. The second kappa shape index (κ2) is 6.17. The van der Waals surface area contributed by atoms with Crippen LogP contribution in [-0.2, 0) is 21.5 Å². The molecule has 1 aliphatic rings. The summed E-state index contributed by atoms with van der Waals surface area (Å²) in [6.07, 6.45) is 0.411. The van der Waals surface area contributed by atoms with Gasteiger partial charge >= 0.3 is 6.03 Å². The van der Waals surface area contributed by atoms with Crippen LogP contribution in [-0.4, -0.2) is 34.1 Å². The van der Waals surface area contributed by atoms with E-state index in [2.05, 4.69) is 46.9 Å². The smallest absolute Gasteiger partial charge is 0.322 e. The maximum atomic E-state index is 12.1. The number of nitrogens with zero attached hydrogens (tertiary/aromatic N) is 1. The maximum Gasteiger partial charge on any atom is 0.322 e. The van der Waals surface area contributed by atoms with Crippen LogP contribution in [0.5, 0.6) is 0 Å². The lowest BCUT2D eigenvalue weighted by atomic mass is 9.92. The minimum atomic E-state index is -0.712. The third kappa shape index (κ3) is 4.06. The van der Waals surface area contributed by atoms with Gasteiger partial charge < -0.3 is 10.6 Å². The predicted octanol–water partition coefficient (Wildman–Crippen LogP) is 0.312. The highest BCUT2D eigenvalue weighted by Crippen LogP contribution is 2.20. The normalized spacial score (nSPS) is 19.1. The fourth-order valence-electron chi connectivity index (χ4n) is 2.07. The molecule has 1 saturated heterocycles. The third-order valence-corrected chi connectivity index (χ3v) is 3.39. The summed E-state index contributed by atoms with van der Waals surface area (Å²) in [5, 5.41) is 14.4.